The highest BCUT2D eigenvalue weighted by Gasteiger charge is 2.21. The quantitative estimate of drug-likeness (QED) is 0.506. The molecule has 2 rings (SSSR count). The summed E-state index contributed by atoms with van der Waals surface area (Å²) in [5, 5.41) is 0. The fraction of sp³-hybridized carbons (Fsp3) is 0.400. The molecular weight excluding hydrogens is 226 g/mol. The van der Waals surface area contributed by atoms with Crippen LogP contribution in [0.25, 0.3) is 0 Å². The molecule has 0 aromatic heterocycles. The first-order valence-corrected chi connectivity index (χ1v) is 6.40. The van der Waals surface area contributed by atoms with E-state index < -0.39 is 0 Å². The molecule has 0 amide bonds. The number of carbonyl (C=O) groups excluding carboxylic acids is 1. The largest absolute Gasteiger partial charge is 0.463 e. The van der Waals surface area contributed by atoms with Gasteiger partial charge in [0, 0.05) is 11.8 Å². The van der Waals surface area contributed by atoms with Crippen molar-refractivity contribution in [1.82, 2.24) is 0 Å². The van der Waals surface area contributed by atoms with Crippen LogP contribution in [-0.2, 0) is 9.53 Å². The molecule has 0 unspecified atom stereocenters. The second kappa shape index (κ2) is 5.71. The van der Waals surface area contributed by atoms with Gasteiger partial charge in [0.25, 0.3) is 0 Å². The standard InChI is InChI=1S/C15H19NO2/c1-2-18-15(17)10-11-3-4-13(9-11)12-5-7-14(16)8-6-12/h5-8,10,13H,2-4,9,16H2,1H3/b11-10+/t13-/m1/s1. The van der Waals surface area contributed by atoms with Crippen LogP contribution in [0.3, 0.4) is 0 Å². The lowest BCUT2D eigenvalue weighted by Gasteiger charge is -2.08. The van der Waals surface area contributed by atoms with Crippen molar-refractivity contribution in [2.75, 3.05) is 12.3 Å². The average molecular weight is 245 g/mol. The summed E-state index contributed by atoms with van der Waals surface area (Å²) in [6.07, 6.45) is 4.67. The van der Waals surface area contributed by atoms with Gasteiger partial charge in [-0.25, -0.2) is 4.79 Å². The lowest BCUT2D eigenvalue weighted by atomic mass is 9.97. The summed E-state index contributed by atoms with van der Waals surface area (Å²) in [7, 11) is 0. The highest BCUT2D eigenvalue weighted by Crippen LogP contribution is 2.37. The molecule has 0 saturated heterocycles. The number of benzene rings is 1. The van der Waals surface area contributed by atoms with Crippen LogP contribution in [0.5, 0.6) is 0 Å². The molecule has 0 radical (unpaired) electrons. The summed E-state index contributed by atoms with van der Waals surface area (Å²) >= 11 is 0. The fourth-order valence-corrected chi connectivity index (χ4v) is 2.41. The van der Waals surface area contributed by atoms with Crippen molar-refractivity contribution in [2.24, 2.45) is 0 Å². The lowest BCUT2D eigenvalue weighted by molar-refractivity contribution is -0.137. The van der Waals surface area contributed by atoms with Gasteiger partial charge < -0.3 is 10.5 Å². The number of esters is 1. The molecule has 96 valence electrons. The number of carbonyl (C=O) groups is 1. The minimum Gasteiger partial charge on any atom is -0.463 e. The summed E-state index contributed by atoms with van der Waals surface area (Å²) in [5.74, 6) is 0.289. The number of hydrogen-bond acceptors (Lipinski definition) is 3. The third-order valence-electron chi connectivity index (χ3n) is 3.34. The summed E-state index contributed by atoms with van der Waals surface area (Å²) in [5.41, 5.74) is 8.96. The average Bonchev–Trinajstić information content (AvgIpc) is 2.78. The number of hydrogen-bond donors (Lipinski definition) is 1. The van der Waals surface area contributed by atoms with E-state index in [1.807, 2.05) is 19.1 Å². The van der Waals surface area contributed by atoms with E-state index in [2.05, 4.69) is 12.1 Å². The van der Waals surface area contributed by atoms with Crippen molar-refractivity contribution in [3.63, 3.8) is 0 Å². The molecule has 1 atom stereocenters. The molecule has 3 nitrogen and oxygen atoms in total. The highest BCUT2D eigenvalue weighted by atomic mass is 16.5. The first-order chi connectivity index (χ1) is 8.69. The maximum atomic E-state index is 11.4. The Kier molecular flexibility index (Phi) is 4.03. The van der Waals surface area contributed by atoms with E-state index >= 15 is 0 Å². The topological polar surface area (TPSA) is 52.3 Å². The monoisotopic (exact) mass is 245 g/mol. The van der Waals surface area contributed by atoms with Crippen LogP contribution in [-0.4, -0.2) is 12.6 Å². The second-order valence-corrected chi connectivity index (χ2v) is 4.66. The van der Waals surface area contributed by atoms with Crippen LogP contribution < -0.4 is 5.73 Å². The first-order valence-electron chi connectivity index (χ1n) is 6.40. The molecule has 1 aliphatic carbocycles. The van der Waals surface area contributed by atoms with Crippen molar-refractivity contribution in [1.29, 1.82) is 0 Å². The third kappa shape index (κ3) is 3.13. The van der Waals surface area contributed by atoms with Crippen molar-refractivity contribution >= 4 is 11.7 Å². The lowest BCUT2D eigenvalue weighted by Crippen LogP contribution is -2.00. The van der Waals surface area contributed by atoms with Crippen molar-refractivity contribution in [3.05, 3.63) is 41.5 Å². The Morgan fingerprint density at radius 3 is 2.83 bits per heavy atom. The number of nitrogens with two attached hydrogens (primary N) is 1. The van der Waals surface area contributed by atoms with Crippen molar-refractivity contribution in [3.8, 4) is 0 Å². The zero-order chi connectivity index (χ0) is 13.0. The molecule has 0 spiro atoms. The molecule has 1 aromatic carbocycles. The van der Waals surface area contributed by atoms with Gasteiger partial charge in [0.05, 0.1) is 6.61 Å². The number of allylic oxidation sites excluding steroid dienone is 1. The number of nitrogen functional groups attached to an aromatic ring is 1. The number of anilines is 1. The first kappa shape index (κ1) is 12.7. The summed E-state index contributed by atoms with van der Waals surface area (Å²) < 4.78 is 4.93. The smallest absolute Gasteiger partial charge is 0.330 e. The molecule has 2 N–H and O–H groups in total. The van der Waals surface area contributed by atoms with Crippen LogP contribution in [0.4, 0.5) is 5.69 Å². The van der Waals surface area contributed by atoms with Gasteiger partial charge in [0.1, 0.15) is 0 Å². The van der Waals surface area contributed by atoms with Crippen molar-refractivity contribution in [2.45, 2.75) is 32.1 Å². The third-order valence-corrected chi connectivity index (χ3v) is 3.34. The normalized spacial score (nSPS) is 21.2. The van der Waals surface area contributed by atoms with E-state index in [1.165, 1.54) is 11.1 Å². The van der Waals surface area contributed by atoms with Crippen LogP contribution in [0.15, 0.2) is 35.9 Å². The van der Waals surface area contributed by atoms with Gasteiger partial charge in [-0.05, 0) is 49.8 Å². The van der Waals surface area contributed by atoms with Crippen LogP contribution in [0.1, 0.15) is 37.7 Å². The fourth-order valence-electron chi connectivity index (χ4n) is 2.41. The van der Waals surface area contributed by atoms with Gasteiger partial charge in [0.15, 0.2) is 0 Å². The molecule has 1 saturated carbocycles. The molecule has 1 fully saturated rings. The molecule has 18 heavy (non-hydrogen) atoms. The molecular formula is C15H19NO2. The van der Waals surface area contributed by atoms with Crippen LogP contribution in [0.2, 0.25) is 0 Å². The Bertz CT molecular complexity index is 448. The molecule has 1 aromatic rings. The number of rotatable bonds is 3. The minimum atomic E-state index is -0.217. The van der Waals surface area contributed by atoms with E-state index in [0.717, 1.165) is 24.9 Å². The Balaban J connectivity index is 2.00. The molecule has 3 heteroatoms. The summed E-state index contributed by atoms with van der Waals surface area (Å²) in [6.45, 7) is 2.26. The summed E-state index contributed by atoms with van der Waals surface area (Å²) in [6, 6.07) is 8.02. The maximum absolute atomic E-state index is 11.4. The Hall–Kier alpha value is -1.77. The van der Waals surface area contributed by atoms with Gasteiger partial charge in [-0.2, -0.15) is 0 Å². The molecule has 0 aliphatic heterocycles. The van der Waals surface area contributed by atoms with Crippen LogP contribution in [0, 0.1) is 0 Å². The Labute approximate surface area is 108 Å². The van der Waals surface area contributed by atoms with Crippen molar-refractivity contribution < 1.29 is 9.53 Å². The number of ether oxygens (including phenoxy) is 1. The van der Waals surface area contributed by atoms with E-state index in [-0.39, 0.29) is 5.97 Å². The van der Waals surface area contributed by atoms with Crippen LogP contribution >= 0.6 is 0 Å². The molecule has 0 heterocycles. The minimum absolute atomic E-state index is 0.217. The molecule has 0 bridgehead atoms. The maximum Gasteiger partial charge on any atom is 0.330 e. The van der Waals surface area contributed by atoms with E-state index in [9.17, 15) is 4.79 Å². The van der Waals surface area contributed by atoms with Gasteiger partial charge in [0.2, 0.25) is 0 Å². The Morgan fingerprint density at radius 2 is 2.17 bits per heavy atom. The highest BCUT2D eigenvalue weighted by molar-refractivity contribution is 5.82. The SMILES string of the molecule is CCOC(=O)/C=C1\CC[C@@H](c2ccc(N)cc2)C1. The van der Waals surface area contributed by atoms with E-state index in [1.54, 1.807) is 6.08 Å². The summed E-state index contributed by atoms with van der Waals surface area (Å²) in [4.78, 5) is 11.4. The van der Waals surface area contributed by atoms with Gasteiger partial charge in [-0.15, -0.1) is 0 Å². The zero-order valence-electron chi connectivity index (χ0n) is 10.7. The van der Waals surface area contributed by atoms with Gasteiger partial charge in [-0.1, -0.05) is 17.7 Å². The van der Waals surface area contributed by atoms with Gasteiger partial charge in [-0.3, -0.25) is 0 Å². The predicted octanol–water partition coefficient (Wildman–Crippen LogP) is 3.03. The zero-order valence-corrected chi connectivity index (χ0v) is 10.7. The van der Waals surface area contributed by atoms with Gasteiger partial charge >= 0.3 is 5.97 Å². The molecule has 1 aliphatic rings. The van der Waals surface area contributed by atoms with E-state index in [4.69, 9.17) is 10.5 Å². The second-order valence-electron chi connectivity index (χ2n) is 4.66. The predicted molar refractivity (Wildman–Crippen MR) is 72.2 cm³/mol. The Morgan fingerprint density at radius 1 is 1.44 bits per heavy atom. The van der Waals surface area contributed by atoms with E-state index in [0.29, 0.717) is 12.5 Å².